The molecule has 3 heteroatoms. The van der Waals surface area contributed by atoms with Crippen molar-refractivity contribution in [2.75, 3.05) is 6.54 Å². The molecule has 4 rings (SSSR count). The molecule has 0 radical (unpaired) electrons. The van der Waals surface area contributed by atoms with Gasteiger partial charge in [0.25, 0.3) is 0 Å². The third-order valence-corrected chi connectivity index (χ3v) is 6.87. The van der Waals surface area contributed by atoms with Crippen molar-refractivity contribution in [3.63, 3.8) is 0 Å². The van der Waals surface area contributed by atoms with E-state index in [-0.39, 0.29) is 12.5 Å². The van der Waals surface area contributed by atoms with E-state index >= 15 is 0 Å². The van der Waals surface area contributed by atoms with Crippen molar-refractivity contribution in [3.8, 4) is 0 Å². The zero-order valence-corrected chi connectivity index (χ0v) is 13.8. The lowest BCUT2D eigenvalue weighted by atomic mass is 9.47. The molecule has 2 unspecified atom stereocenters. The zero-order valence-electron chi connectivity index (χ0n) is 13.8. The van der Waals surface area contributed by atoms with Gasteiger partial charge in [0.15, 0.2) is 0 Å². The second-order valence-electron chi connectivity index (χ2n) is 8.23. The van der Waals surface area contributed by atoms with Gasteiger partial charge in [-0.15, -0.1) is 0 Å². The molecular weight excluding hydrogens is 262 g/mol. The lowest BCUT2D eigenvalue weighted by Gasteiger charge is -2.61. The summed E-state index contributed by atoms with van der Waals surface area (Å²) in [5.41, 5.74) is 0.484. The Hall–Kier alpha value is -0.570. The maximum absolute atomic E-state index is 11.1. The molecule has 0 spiro atoms. The number of carboxylic acids is 1. The minimum absolute atomic E-state index is 0.149. The fraction of sp³-hybridized carbons (Fsp3) is 0.944. The van der Waals surface area contributed by atoms with Crippen LogP contribution in [0.3, 0.4) is 0 Å². The normalized spacial score (nSPS) is 40.5. The predicted octanol–water partition coefficient (Wildman–Crippen LogP) is 3.78. The summed E-state index contributed by atoms with van der Waals surface area (Å²) in [4.78, 5) is 13.5. The third-order valence-electron chi connectivity index (χ3n) is 6.87. The fourth-order valence-electron chi connectivity index (χ4n) is 6.38. The van der Waals surface area contributed by atoms with Crippen molar-refractivity contribution >= 4 is 5.97 Å². The number of carboxylic acid groups (broad SMARTS) is 1. The van der Waals surface area contributed by atoms with Crippen molar-refractivity contribution < 1.29 is 9.90 Å². The second-order valence-corrected chi connectivity index (χ2v) is 8.23. The smallest absolute Gasteiger partial charge is 0.304 e. The SMILES string of the molecule is CCN(C(C)CC(=O)O)C(C)C12CC3CC(CC(C3)C1)C2. The summed E-state index contributed by atoms with van der Waals surface area (Å²) in [7, 11) is 0. The Morgan fingerprint density at radius 1 is 1.14 bits per heavy atom. The molecule has 120 valence electrons. The minimum Gasteiger partial charge on any atom is -0.481 e. The van der Waals surface area contributed by atoms with Gasteiger partial charge in [0.2, 0.25) is 0 Å². The Balaban J connectivity index is 1.76. The fourth-order valence-corrected chi connectivity index (χ4v) is 6.38. The maximum Gasteiger partial charge on any atom is 0.304 e. The minimum atomic E-state index is -0.668. The molecule has 0 aromatic heterocycles. The van der Waals surface area contributed by atoms with E-state index in [9.17, 15) is 4.79 Å². The molecule has 21 heavy (non-hydrogen) atoms. The summed E-state index contributed by atoms with van der Waals surface area (Å²) in [6, 6.07) is 0.681. The molecule has 4 aliphatic rings. The van der Waals surface area contributed by atoms with E-state index in [1.807, 2.05) is 0 Å². The van der Waals surface area contributed by atoms with E-state index < -0.39 is 5.97 Å². The van der Waals surface area contributed by atoms with Gasteiger partial charge in [-0.05, 0) is 82.1 Å². The van der Waals surface area contributed by atoms with Gasteiger partial charge in [-0.2, -0.15) is 0 Å². The van der Waals surface area contributed by atoms with Crippen LogP contribution in [0, 0.1) is 23.2 Å². The molecule has 0 amide bonds. The third kappa shape index (κ3) is 2.74. The molecule has 3 nitrogen and oxygen atoms in total. The Bertz CT molecular complexity index is 371. The lowest BCUT2D eigenvalue weighted by molar-refractivity contribution is -0.140. The van der Waals surface area contributed by atoms with Crippen LogP contribution in [0.15, 0.2) is 0 Å². The summed E-state index contributed by atoms with van der Waals surface area (Å²) < 4.78 is 0. The summed E-state index contributed by atoms with van der Waals surface area (Å²) in [5, 5.41) is 9.12. The average molecular weight is 293 g/mol. The van der Waals surface area contributed by atoms with Crippen LogP contribution in [0.1, 0.15) is 65.7 Å². The first-order chi connectivity index (χ1) is 9.93. The Kier molecular flexibility index (Phi) is 4.06. The summed E-state index contributed by atoms with van der Waals surface area (Å²) >= 11 is 0. The van der Waals surface area contributed by atoms with Crippen LogP contribution in [0.5, 0.6) is 0 Å². The molecule has 4 saturated carbocycles. The molecule has 0 aromatic rings. The molecule has 4 aliphatic carbocycles. The number of hydrogen-bond donors (Lipinski definition) is 1. The molecule has 1 N–H and O–H groups in total. The van der Waals surface area contributed by atoms with Crippen LogP contribution in [0.25, 0.3) is 0 Å². The van der Waals surface area contributed by atoms with Crippen molar-refractivity contribution in [3.05, 3.63) is 0 Å². The summed E-state index contributed by atoms with van der Waals surface area (Å²) in [6.07, 6.45) is 8.89. The van der Waals surface area contributed by atoms with Gasteiger partial charge in [-0.3, -0.25) is 9.69 Å². The maximum atomic E-state index is 11.1. The van der Waals surface area contributed by atoms with Crippen LogP contribution >= 0.6 is 0 Å². The topological polar surface area (TPSA) is 40.5 Å². The van der Waals surface area contributed by atoms with E-state index in [1.54, 1.807) is 0 Å². The van der Waals surface area contributed by atoms with E-state index in [1.165, 1.54) is 38.5 Å². The molecule has 0 heterocycles. The second kappa shape index (κ2) is 5.57. The van der Waals surface area contributed by atoms with Crippen LogP contribution in [0.2, 0.25) is 0 Å². The average Bonchev–Trinajstić information content (AvgIpc) is 2.36. The standard InChI is InChI=1S/C18H31NO2/c1-4-19(12(2)5-17(20)21)13(3)18-9-14-6-15(10-18)8-16(7-14)11-18/h12-16H,4-11H2,1-3H3,(H,20,21). The van der Waals surface area contributed by atoms with Crippen LogP contribution in [-0.4, -0.2) is 34.6 Å². The van der Waals surface area contributed by atoms with E-state index in [4.69, 9.17) is 5.11 Å². The molecule has 0 aliphatic heterocycles. The number of aliphatic carboxylic acids is 1. The van der Waals surface area contributed by atoms with E-state index in [0.29, 0.717) is 11.5 Å². The van der Waals surface area contributed by atoms with Crippen molar-refractivity contribution in [2.24, 2.45) is 23.2 Å². The number of nitrogens with zero attached hydrogens (tertiary/aromatic N) is 1. The molecule has 4 bridgehead atoms. The Morgan fingerprint density at radius 3 is 2.00 bits per heavy atom. The quantitative estimate of drug-likeness (QED) is 0.810. The van der Waals surface area contributed by atoms with Crippen molar-refractivity contribution in [2.45, 2.75) is 77.8 Å². The highest BCUT2D eigenvalue weighted by Crippen LogP contribution is 2.62. The van der Waals surface area contributed by atoms with Gasteiger partial charge in [-0.1, -0.05) is 6.92 Å². The highest BCUT2D eigenvalue weighted by atomic mass is 16.4. The van der Waals surface area contributed by atoms with Gasteiger partial charge in [-0.25, -0.2) is 0 Å². The first kappa shape index (κ1) is 15.3. The summed E-state index contributed by atoms with van der Waals surface area (Å²) in [6.45, 7) is 7.64. The van der Waals surface area contributed by atoms with Gasteiger partial charge < -0.3 is 5.11 Å². The number of carbonyl (C=O) groups is 1. The first-order valence-corrected chi connectivity index (χ1v) is 8.91. The summed E-state index contributed by atoms with van der Waals surface area (Å²) in [5.74, 6) is 2.23. The van der Waals surface area contributed by atoms with Gasteiger partial charge in [0, 0.05) is 12.1 Å². The van der Waals surface area contributed by atoms with Crippen molar-refractivity contribution in [1.82, 2.24) is 4.90 Å². The van der Waals surface area contributed by atoms with Crippen LogP contribution < -0.4 is 0 Å². The zero-order chi connectivity index (χ0) is 15.2. The van der Waals surface area contributed by atoms with Gasteiger partial charge in [0.05, 0.1) is 6.42 Å². The first-order valence-electron chi connectivity index (χ1n) is 8.91. The van der Waals surface area contributed by atoms with E-state index in [2.05, 4.69) is 25.7 Å². The molecule has 0 aromatic carbocycles. The molecule has 4 fully saturated rings. The molecule has 2 atom stereocenters. The van der Waals surface area contributed by atoms with Crippen molar-refractivity contribution in [1.29, 1.82) is 0 Å². The highest BCUT2D eigenvalue weighted by molar-refractivity contribution is 5.67. The lowest BCUT2D eigenvalue weighted by Crippen LogP contribution is -2.57. The monoisotopic (exact) mass is 293 g/mol. The number of hydrogen-bond acceptors (Lipinski definition) is 2. The number of rotatable bonds is 6. The van der Waals surface area contributed by atoms with Crippen LogP contribution in [0.4, 0.5) is 0 Å². The largest absolute Gasteiger partial charge is 0.481 e. The highest BCUT2D eigenvalue weighted by Gasteiger charge is 2.54. The molecular formula is C18H31NO2. The predicted molar refractivity (Wildman–Crippen MR) is 84.2 cm³/mol. The van der Waals surface area contributed by atoms with Gasteiger partial charge in [0.1, 0.15) is 0 Å². The van der Waals surface area contributed by atoms with Gasteiger partial charge >= 0.3 is 5.97 Å². The Morgan fingerprint density at radius 2 is 1.62 bits per heavy atom. The Labute approximate surface area is 129 Å². The van der Waals surface area contributed by atoms with Crippen LogP contribution in [-0.2, 0) is 4.79 Å². The molecule has 0 saturated heterocycles. The van der Waals surface area contributed by atoms with E-state index in [0.717, 1.165) is 24.3 Å².